The maximum absolute atomic E-state index is 12.8. The Morgan fingerprint density at radius 2 is 0.581 bits per heavy atom. The lowest BCUT2D eigenvalue weighted by atomic mass is 10.1. The third-order valence-corrected chi connectivity index (χ3v) is 11.6. The van der Waals surface area contributed by atoms with Crippen LogP contribution in [-0.2, 0) is 28.6 Å². The Morgan fingerprint density at radius 3 is 0.935 bits per heavy atom. The molecule has 0 heterocycles. The number of hydrogen-bond acceptors (Lipinski definition) is 6. The van der Waals surface area contributed by atoms with Gasteiger partial charge in [-0.05, 0) is 96.3 Å². The van der Waals surface area contributed by atoms with E-state index in [4.69, 9.17) is 14.2 Å². The third-order valence-electron chi connectivity index (χ3n) is 11.6. The summed E-state index contributed by atoms with van der Waals surface area (Å²) in [5.41, 5.74) is 0. The number of unbranched alkanes of at least 4 members (excludes halogenated alkanes) is 30. The van der Waals surface area contributed by atoms with Crippen molar-refractivity contribution in [1.82, 2.24) is 0 Å². The smallest absolute Gasteiger partial charge is 0.306 e. The van der Waals surface area contributed by atoms with Crippen molar-refractivity contribution in [2.24, 2.45) is 0 Å². The fourth-order valence-electron chi connectivity index (χ4n) is 7.48. The monoisotopic (exact) mass is 869 g/mol. The number of ether oxygens (including phenoxy) is 3. The van der Waals surface area contributed by atoms with Crippen molar-refractivity contribution < 1.29 is 28.6 Å². The standard InChI is InChI=1S/C56H100O6/c1-4-7-10-13-16-19-22-25-27-28-30-31-34-37-40-43-46-49-55(58)61-52-53(51-60-54(57)48-45-42-39-36-33-24-21-18-15-12-9-6-3)62-56(59)50-47-44-41-38-35-32-29-26-23-20-17-14-11-8-5-2/h17-18,20-21,23,25-27,53H,4-16,19,22,24,28-52H2,1-3H3/b20-17-,21-18-,26-23-,27-25-. The van der Waals surface area contributed by atoms with Crippen LogP contribution in [0.25, 0.3) is 0 Å². The summed E-state index contributed by atoms with van der Waals surface area (Å²) in [5, 5.41) is 0. The number of esters is 3. The van der Waals surface area contributed by atoms with E-state index in [1.54, 1.807) is 0 Å². The first kappa shape index (κ1) is 59.4. The highest BCUT2D eigenvalue weighted by Gasteiger charge is 2.19. The first-order valence-electron chi connectivity index (χ1n) is 26.7. The van der Waals surface area contributed by atoms with Gasteiger partial charge >= 0.3 is 17.9 Å². The molecule has 0 aromatic carbocycles. The molecule has 0 aromatic heterocycles. The Kier molecular flexibility index (Phi) is 48.8. The minimum Gasteiger partial charge on any atom is -0.462 e. The molecule has 0 saturated carbocycles. The molecule has 1 unspecified atom stereocenters. The van der Waals surface area contributed by atoms with Crippen LogP contribution in [0.15, 0.2) is 48.6 Å². The maximum Gasteiger partial charge on any atom is 0.306 e. The fourth-order valence-corrected chi connectivity index (χ4v) is 7.48. The molecule has 1 atom stereocenters. The van der Waals surface area contributed by atoms with Gasteiger partial charge in [0.2, 0.25) is 0 Å². The first-order valence-corrected chi connectivity index (χ1v) is 26.7. The van der Waals surface area contributed by atoms with E-state index in [2.05, 4.69) is 69.4 Å². The van der Waals surface area contributed by atoms with E-state index in [9.17, 15) is 14.4 Å². The van der Waals surface area contributed by atoms with Crippen LogP contribution >= 0.6 is 0 Å². The van der Waals surface area contributed by atoms with Gasteiger partial charge in [-0.2, -0.15) is 0 Å². The molecule has 6 heteroatoms. The van der Waals surface area contributed by atoms with Gasteiger partial charge in [0.15, 0.2) is 6.10 Å². The second-order valence-electron chi connectivity index (χ2n) is 17.8. The van der Waals surface area contributed by atoms with Crippen molar-refractivity contribution in [3.8, 4) is 0 Å². The highest BCUT2D eigenvalue weighted by Crippen LogP contribution is 2.14. The Morgan fingerprint density at radius 1 is 0.323 bits per heavy atom. The van der Waals surface area contributed by atoms with Gasteiger partial charge in [0.05, 0.1) is 0 Å². The molecule has 0 aliphatic carbocycles. The van der Waals surface area contributed by atoms with Crippen LogP contribution in [0.5, 0.6) is 0 Å². The summed E-state index contributed by atoms with van der Waals surface area (Å²) >= 11 is 0. The molecule has 0 radical (unpaired) electrons. The zero-order chi connectivity index (χ0) is 45.1. The quantitative estimate of drug-likeness (QED) is 0.0199. The summed E-state index contributed by atoms with van der Waals surface area (Å²) in [6.45, 7) is 6.57. The Balaban J connectivity index is 4.38. The van der Waals surface area contributed by atoms with E-state index in [0.29, 0.717) is 19.3 Å². The van der Waals surface area contributed by atoms with Gasteiger partial charge in [0.1, 0.15) is 13.2 Å². The lowest BCUT2D eigenvalue weighted by Crippen LogP contribution is -2.30. The number of carbonyl (C=O) groups is 3. The summed E-state index contributed by atoms with van der Waals surface area (Å²) in [6.07, 6.45) is 60.9. The summed E-state index contributed by atoms with van der Waals surface area (Å²) < 4.78 is 16.8. The molecule has 0 fully saturated rings. The molecular formula is C56H100O6. The molecule has 0 amide bonds. The van der Waals surface area contributed by atoms with Gasteiger partial charge in [-0.15, -0.1) is 0 Å². The molecule has 62 heavy (non-hydrogen) atoms. The highest BCUT2D eigenvalue weighted by molar-refractivity contribution is 5.71. The van der Waals surface area contributed by atoms with E-state index in [1.165, 1.54) is 154 Å². The topological polar surface area (TPSA) is 78.9 Å². The SMILES string of the molecule is CCCCC/C=C\C=C/CCCCCCCCC(=O)OC(COC(=O)CCCCCCC/C=C\CCCCC)COC(=O)CCCCCCCCC/C=C\CCCCCCCC. The van der Waals surface area contributed by atoms with Gasteiger partial charge in [0, 0.05) is 19.3 Å². The van der Waals surface area contributed by atoms with Gasteiger partial charge in [-0.3, -0.25) is 14.4 Å². The number of allylic oxidation sites excluding steroid dienone is 8. The van der Waals surface area contributed by atoms with Crippen LogP contribution < -0.4 is 0 Å². The Hall–Kier alpha value is -2.63. The molecule has 6 nitrogen and oxygen atoms in total. The van der Waals surface area contributed by atoms with Crippen LogP contribution in [0, 0.1) is 0 Å². The molecule has 0 bridgehead atoms. The largest absolute Gasteiger partial charge is 0.462 e. The van der Waals surface area contributed by atoms with Gasteiger partial charge < -0.3 is 14.2 Å². The third kappa shape index (κ3) is 48.4. The summed E-state index contributed by atoms with van der Waals surface area (Å²) in [5.74, 6) is -0.900. The van der Waals surface area contributed by atoms with Crippen molar-refractivity contribution in [1.29, 1.82) is 0 Å². The molecule has 360 valence electrons. The van der Waals surface area contributed by atoms with Crippen molar-refractivity contribution in [3.63, 3.8) is 0 Å². The Labute approximate surface area is 384 Å². The molecule has 0 aliphatic rings. The molecule has 0 rings (SSSR count). The number of rotatable bonds is 48. The number of carbonyl (C=O) groups excluding carboxylic acids is 3. The van der Waals surface area contributed by atoms with E-state index in [-0.39, 0.29) is 31.1 Å². The van der Waals surface area contributed by atoms with Crippen LogP contribution in [-0.4, -0.2) is 37.2 Å². The lowest BCUT2D eigenvalue weighted by molar-refractivity contribution is -0.167. The molecule has 0 aromatic rings. The second-order valence-corrected chi connectivity index (χ2v) is 17.8. The van der Waals surface area contributed by atoms with Crippen molar-refractivity contribution in [3.05, 3.63) is 48.6 Å². The highest BCUT2D eigenvalue weighted by atomic mass is 16.6. The average Bonchev–Trinajstić information content (AvgIpc) is 3.27. The maximum atomic E-state index is 12.8. The molecule has 0 N–H and O–H groups in total. The average molecular weight is 869 g/mol. The van der Waals surface area contributed by atoms with Gasteiger partial charge in [0.25, 0.3) is 0 Å². The normalized spacial score (nSPS) is 12.4. The second kappa shape index (κ2) is 51.0. The minimum atomic E-state index is -0.782. The van der Waals surface area contributed by atoms with Gasteiger partial charge in [-0.25, -0.2) is 0 Å². The van der Waals surface area contributed by atoms with Crippen LogP contribution in [0.3, 0.4) is 0 Å². The summed E-state index contributed by atoms with van der Waals surface area (Å²) in [7, 11) is 0. The van der Waals surface area contributed by atoms with E-state index >= 15 is 0 Å². The Bertz CT molecular complexity index is 1090. The summed E-state index contributed by atoms with van der Waals surface area (Å²) in [6, 6.07) is 0. The van der Waals surface area contributed by atoms with Gasteiger partial charge in [-0.1, -0.05) is 204 Å². The summed E-state index contributed by atoms with van der Waals surface area (Å²) in [4.78, 5) is 38.0. The zero-order valence-electron chi connectivity index (χ0n) is 41.1. The predicted molar refractivity (Wildman–Crippen MR) is 265 cm³/mol. The molecule has 0 spiro atoms. The van der Waals surface area contributed by atoms with Crippen molar-refractivity contribution in [2.45, 2.75) is 277 Å². The van der Waals surface area contributed by atoms with Crippen LogP contribution in [0.4, 0.5) is 0 Å². The van der Waals surface area contributed by atoms with Crippen LogP contribution in [0.1, 0.15) is 271 Å². The van der Waals surface area contributed by atoms with Crippen LogP contribution in [0.2, 0.25) is 0 Å². The zero-order valence-corrected chi connectivity index (χ0v) is 41.1. The van der Waals surface area contributed by atoms with Crippen molar-refractivity contribution in [2.75, 3.05) is 13.2 Å². The van der Waals surface area contributed by atoms with E-state index in [0.717, 1.165) is 77.0 Å². The first-order chi connectivity index (χ1) is 30.5. The van der Waals surface area contributed by atoms with E-state index in [1.807, 2.05) is 0 Å². The predicted octanol–water partition coefficient (Wildman–Crippen LogP) is 17.5. The fraction of sp³-hybridized carbons (Fsp3) is 0.804. The lowest BCUT2D eigenvalue weighted by Gasteiger charge is -2.18. The molecular weight excluding hydrogens is 769 g/mol. The minimum absolute atomic E-state index is 0.0819. The molecule has 0 saturated heterocycles. The van der Waals surface area contributed by atoms with Crippen molar-refractivity contribution >= 4 is 17.9 Å². The van der Waals surface area contributed by atoms with E-state index < -0.39 is 6.10 Å². The number of hydrogen-bond donors (Lipinski definition) is 0. The molecule has 0 aliphatic heterocycles.